The molecule has 10 heavy (non-hydrogen) atoms. The molecule has 0 aliphatic heterocycles. The van der Waals surface area contributed by atoms with E-state index in [0.29, 0.717) is 16.5 Å². The largest absolute Gasteiger partial charge is 0.327 e. The highest BCUT2D eigenvalue weighted by molar-refractivity contribution is 8.00. The zero-order chi connectivity index (χ0) is 8.15. The van der Waals surface area contributed by atoms with Gasteiger partial charge >= 0.3 is 0 Å². The lowest BCUT2D eigenvalue weighted by Crippen LogP contribution is -2.30. The van der Waals surface area contributed by atoms with Gasteiger partial charge < -0.3 is 5.73 Å². The molecule has 1 nitrogen and oxygen atoms in total. The molecule has 0 aromatic carbocycles. The molecule has 2 heteroatoms. The molecule has 2 N–H and O–H groups in total. The predicted molar refractivity (Wildman–Crippen MR) is 50.5 cm³/mol. The maximum Gasteiger partial charge on any atom is 0.0173 e. The lowest BCUT2D eigenvalue weighted by Gasteiger charge is -2.19. The van der Waals surface area contributed by atoms with E-state index in [2.05, 4.69) is 27.7 Å². The molecular formula is C8H19NS. The summed E-state index contributed by atoms with van der Waals surface area (Å²) in [6.45, 7) is 8.77. The van der Waals surface area contributed by atoms with Gasteiger partial charge in [0.1, 0.15) is 0 Å². The van der Waals surface area contributed by atoms with E-state index in [1.807, 2.05) is 11.8 Å². The molecule has 0 bridgehead atoms. The van der Waals surface area contributed by atoms with E-state index in [9.17, 15) is 0 Å². The molecule has 0 aliphatic rings. The third-order valence-corrected chi connectivity index (χ3v) is 2.88. The normalized spacial score (nSPS) is 17.4. The highest BCUT2D eigenvalue weighted by Gasteiger charge is 2.11. The Labute approximate surface area is 68.8 Å². The van der Waals surface area contributed by atoms with E-state index >= 15 is 0 Å². The quantitative estimate of drug-likeness (QED) is 0.684. The van der Waals surface area contributed by atoms with Gasteiger partial charge in [-0.05, 0) is 11.7 Å². The summed E-state index contributed by atoms with van der Waals surface area (Å²) in [6, 6.07) is 0.368. The van der Waals surface area contributed by atoms with E-state index in [-0.39, 0.29) is 0 Å². The van der Waals surface area contributed by atoms with Crippen LogP contribution in [0, 0.1) is 0 Å². The van der Waals surface area contributed by atoms with Gasteiger partial charge in [0, 0.05) is 11.3 Å². The van der Waals surface area contributed by atoms with E-state index in [4.69, 9.17) is 5.73 Å². The zero-order valence-electron chi connectivity index (χ0n) is 7.42. The first-order valence-electron chi connectivity index (χ1n) is 3.99. The fourth-order valence-electron chi connectivity index (χ4n) is 0.862. The Morgan fingerprint density at radius 3 is 2.10 bits per heavy atom. The fourth-order valence-corrected chi connectivity index (χ4v) is 2.12. The molecule has 0 aliphatic carbocycles. The van der Waals surface area contributed by atoms with Crippen LogP contribution in [0.2, 0.25) is 0 Å². The van der Waals surface area contributed by atoms with Crippen LogP contribution in [0.15, 0.2) is 0 Å². The SMILES string of the molecule is CCC(N)C(C)SC(C)C. The standard InChI is InChI=1S/C8H19NS/c1-5-8(9)7(4)10-6(2)3/h6-8H,5,9H2,1-4H3. The van der Waals surface area contributed by atoms with Gasteiger partial charge in [-0.25, -0.2) is 0 Å². The molecule has 0 fully saturated rings. The van der Waals surface area contributed by atoms with Crippen LogP contribution >= 0.6 is 11.8 Å². The van der Waals surface area contributed by atoms with Crippen LogP contribution < -0.4 is 5.73 Å². The topological polar surface area (TPSA) is 26.0 Å². The molecular weight excluding hydrogens is 142 g/mol. The van der Waals surface area contributed by atoms with E-state index in [0.717, 1.165) is 6.42 Å². The Kier molecular flexibility index (Phi) is 5.18. The van der Waals surface area contributed by atoms with Gasteiger partial charge in [0.25, 0.3) is 0 Å². The van der Waals surface area contributed by atoms with Gasteiger partial charge in [-0.2, -0.15) is 11.8 Å². The monoisotopic (exact) mass is 161 g/mol. The minimum absolute atomic E-state index is 0.368. The maximum absolute atomic E-state index is 5.84. The van der Waals surface area contributed by atoms with Gasteiger partial charge in [0.15, 0.2) is 0 Å². The van der Waals surface area contributed by atoms with Crippen molar-refractivity contribution >= 4 is 11.8 Å². The van der Waals surface area contributed by atoms with Crippen molar-refractivity contribution in [2.45, 2.75) is 50.7 Å². The average molecular weight is 161 g/mol. The van der Waals surface area contributed by atoms with Gasteiger partial charge in [-0.15, -0.1) is 0 Å². The van der Waals surface area contributed by atoms with Crippen molar-refractivity contribution in [3.63, 3.8) is 0 Å². The maximum atomic E-state index is 5.84. The molecule has 2 unspecified atom stereocenters. The highest BCUT2D eigenvalue weighted by Crippen LogP contribution is 2.19. The third kappa shape index (κ3) is 4.18. The number of thioether (sulfide) groups is 1. The van der Waals surface area contributed by atoms with Crippen LogP contribution in [-0.2, 0) is 0 Å². The van der Waals surface area contributed by atoms with Crippen LogP contribution in [0.3, 0.4) is 0 Å². The summed E-state index contributed by atoms with van der Waals surface area (Å²) in [4.78, 5) is 0. The van der Waals surface area contributed by atoms with Gasteiger partial charge in [-0.3, -0.25) is 0 Å². The predicted octanol–water partition coefficient (Wildman–Crippen LogP) is 2.25. The molecule has 0 saturated carbocycles. The average Bonchev–Trinajstić information content (AvgIpc) is 1.85. The molecule has 0 aromatic rings. The van der Waals surface area contributed by atoms with E-state index < -0.39 is 0 Å². The molecule has 0 radical (unpaired) electrons. The summed E-state index contributed by atoms with van der Waals surface area (Å²) in [5, 5.41) is 1.30. The molecule has 0 amide bonds. The second-order valence-corrected chi connectivity index (χ2v) is 4.92. The summed E-state index contributed by atoms with van der Waals surface area (Å²) in [7, 11) is 0. The molecule has 0 rings (SSSR count). The molecule has 62 valence electrons. The van der Waals surface area contributed by atoms with Gasteiger partial charge in [-0.1, -0.05) is 27.7 Å². The number of hydrogen-bond acceptors (Lipinski definition) is 2. The van der Waals surface area contributed by atoms with Crippen molar-refractivity contribution in [3.05, 3.63) is 0 Å². The number of nitrogens with two attached hydrogens (primary N) is 1. The molecule has 0 aromatic heterocycles. The fraction of sp³-hybridized carbons (Fsp3) is 1.00. The second kappa shape index (κ2) is 5.03. The summed E-state index contributed by atoms with van der Waals surface area (Å²) in [6.07, 6.45) is 1.08. The molecule has 0 saturated heterocycles. The third-order valence-electron chi connectivity index (χ3n) is 1.56. The second-order valence-electron chi connectivity index (χ2n) is 2.96. The summed E-state index contributed by atoms with van der Waals surface area (Å²) in [5.41, 5.74) is 5.84. The van der Waals surface area contributed by atoms with Gasteiger partial charge in [0.05, 0.1) is 0 Å². The van der Waals surface area contributed by atoms with Crippen LogP contribution in [0.1, 0.15) is 34.1 Å². The summed E-state index contributed by atoms with van der Waals surface area (Å²) < 4.78 is 0. The Morgan fingerprint density at radius 1 is 1.30 bits per heavy atom. The van der Waals surface area contributed by atoms with Crippen molar-refractivity contribution in [3.8, 4) is 0 Å². The van der Waals surface area contributed by atoms with Gasteiger partial charge in [0.2, 0.25) is 0 Å². The molecule has 2 atom stereocenters. The number of rotatable bonds is 4. The first kappa shape index (κ1) is 10.3. The lowest BCUT2D eigenvalue weighted by molar-refractivity contribution is 0.641. The van der Waals surface area contributed by atoms with Crippen molar-refractivity contribution in [1.82, 2.24) is 0 Å². The van der Waals surface area contributed by atoms with E-state index in [1.165, 1.54) is 0 Å². The van der Waals surface area contributed by atoms with Crippen LogP contribution in [-0.4, -0.2) is 16.5 Å². The Bertz CT molecular complexity index is 83.3. The van der Waals surface area contributed by atoms with Crippen molar-refractivity contribution in [2.24, 2.45) is 5.73 Å². The summed E-state index contributed by atoms with van der Waals surface area (Å²) in [5.74, 6) is 0. The first-order valence-corrected chi connectivity index (χ1v) is 4.93. The minimum atomic E-state index is 0.368. The Morgan fingerprint density at radius 2 is 1.80 bits per heavy atom. The summed E-state index contributed by atoms with van der Waals surface area (Å²) >= 11 is 1.96. The highest BCUT2D eigenvalue weighted by atomic mass is 32.2. The Balaban J connectivity index is 3.50. The molecule has 0 heterocycles. The molecule has 0 spiro atoms. The number of hydrogen-bond donors (Lipinski definition) is 1. The van der Waals surface area contributed by atoms with Crippen LogP contribution in [0.5, 0.6) is 0 Å². The van der Waals surface area contributed by atoms with Crippen molar-refractivity contribution < 1.29 is 0 Å². The van der Waals surface area contributed by atoms with E-state index in [1.54, 1.807) is 0 Å². The zero-order valence-corrected chi connectivity index (χ0v) is 8.24. The smallest absolute Gasteiger partial charge is 0.0173 e. The van der Waals surface area contributed by atoms with Crippen molar-refractivity contribution in [2.75, 3.05) is 0 Å². The van der Waals surface area contributed by atoms with Crippen molar-refractivity contribution in [1.29, 1.82) is 0 Å². The lowest BCUT2D eigenvalue weighted by atomic mass is 10.2. The van der Waals surface area contributed by atoms with Crippen LogP contribution in [0.25, 0.3) is 0 Å². The minimum Gasteiger partial charge on any atom is -0.327 e. The Hall–Kier alpha value is 0.310. The van der Waals surface area contributed by atoms with Crippen LogP contribution in [0.4, 0.5) is 0 Å². The first-order chi connectivity index (χ1) is 4.57.